The number of hydrogen-bond donors (Lipinski definition) is 1. The van der Waals surface area contributed by atoms with E-state index in [0.29, 0.717) is 22.1 Å². The number of ether oxygens (including phenoxy) is 1. The van der Waals surface area contributed by atoms with Crippen molar-refractivity contribution in [1.29, 1.82) is 0 Å². The number of rotatable bonds is 3. The molecule has 114 valence electrons. The number of hydrogen-bond acceptors (Lipinski definition) is 4. The van der Waals surface area contributed by atoms with Crippen LogP contribution in [0, 0.1) is 10.1 Å². The third-order valence-corrected chi connectivity index (χ3v) is 4.17. The van der Waals surface area contributed by atoms with Crippen molar-refractivity contribution in [2.45, 2.75) is 11.8 Å². The van der Waals surface area contributed by atoms with Gasteiger partial charge in [0.15, 0.2) is 0 Å². The lowest BCUT2D eigenvalue weighted by Gasteiger charge is -2.21. The van der Waals surface area contributed by atoms with Crippen LogP contribution in [-0.4, -0.2) is 23.2 Å². The molecule has 1 aliphatic rings. The maximum atomic E-state index is 11.1. The summed E-state index contributed by atoms with van der Waals surface area (Å²) in [6, 6.07) is 12.4. The molecule has 0 aliphatic carbocycles. The molecule has 3 rings (SSSR count). The number of aliphatic hydroxyl groups excluding tert-OH is 1. The van der Waals surface area contributed by atoms with Crippen molar-refractivity contribution in [3.05, 3.63) is 68.7 Å². The molecule has 0 aromatic heterocycles. The molecule has 6 heteroatoms. The molecule has 0 saturated carbocycles. The zero-order valence-electron chi connectivity index (χ0n) is 11.6. The molecule has 2 aromatic rings. The molecule has 1 N–H and O–H groups in total. The molecule has 0 bridgehead atoms. The van der Waals surface area contributed by atoms with Crippen LogP contribution >= 0.6 is 11.6 Å². The van der Waals surface area contributed by atoms with Crippen LogP contribution in [-0.2, 0) is 0 Å². The first-order valence-corrected chi connectivity index (χ1v) is 7.27. The SMILES string of the molecule is O=[N+]([O-])C[C@H]1c2cc(Cl)ccc2Oc2ccccc2[C@@H]1CO. The molecule has 22 heavy (non-hydrogen) atoms. The fourth-order valence-corrected chi connectivity index (χ4v) is 3.13. The van der Waals surface area contributed by atoms with E-state index >= 15 is 0 Å². The van der Waals surface area contributed by atoms with Crippen molar-refractivity contribution < 1.29 is 14.8 Å². The first kappa shape index (κ1) is 14.8. The van der Waals surface area contributed by atoms with Crippen molar-refractivity contribution >= 4 is 11.6 Å². The summed E-state index contributed by atoms with van der Waals surface area (Å²) >= 11 is 6.05. The van der Waals surface area contributed by atoms with Crippen molar-refractivity contribution in [2.24, 2.45) is 0 Å². The van der Waals surface area contributed by atoms with Crippen LogP contribution in [0.1, 0.15) is 23.0 Å². The van der Waals surface area contributed by atoms with Gasteiger partial charge in [-0.15, -0.1) is 0 Å². The Morgan fingerprint density at radius 3 is 2.59 bits per heavy atom. The van der Waals surface area contributed by atoms with E-state index in [2.05, 4.69) is 0 Å². The van der Waals surface area contributed by atoms with Crippen LogP contribution in [0.15, 0.2) is 42.5 Å². The minimum absolute atomic E-state index is 0.204. The van der Waals surface area contributed by atoms with Gasteiger partial charge in [-0.1, -0.05) is 29.8 Å². The van der Waals surface area contributed by atoms with Crippen molar-refractivity contribution in [1.82, 2.24) is 0 Å². The van der Waals surface area contributed by atoms with Crippen molar-refractivity contribution in [2.75, 3.05) is 13.2 Å². The normalized spacial score (nSPS) is 19.5. The third-order valence-electron chi connectivity index (χ3n) is 3.94. The number of halogens is 1. The lowest BCUT2D eigenvalue weighted by atomic mass is 9.82. The highest BCUT2D eigenvalue weighted by molar-refractivity contribution is 6.30. The lowest BCUT2D eigenvalue weighted by molar-refractivity contribution is -0.484. The maximum absolute atomic E-state index is 11.1. The topological polar surface area (TPSA) is 72.6 Å². The molecular formula is C16H14ClNO4. The van der Waals surface area contributed by atoms with Gasteiger partial charge in [0.25, 0.3) is 0 Å². The van der Waals surface area contributed by atoms with Crippen LogP contribution in [0.2, 0.25) is 5.02 Å². The molecule has 2 aromatic carbocycles. The number of nitrogens with zero attached hydrogens (tertiary/aromatic N) is 1. The molecule has 0 unspecified atom stereocenters. The Morgan fingerprint density at radius 1 is 1.14 bits per heavy atom. The zero-order valence-corrected chi connectivity index (χ0v) is 12.4. The zero-order chi connectivity index (χ0) is 15.7. The highest BCUT2D eigenvalue weighted by Gasteiger charge is 2.35. The summed E-state index contributed by atoms with van der Waals surface area (Å²) in [6.45, 7) is -0.499. The van der Waals surface area contributed by atoms with Crippen molar-refractivity contribution in [3.8, 4) is 11.5 Å². The monoisotopic (exact) mass is 319 g/mol. The summed E-state index contributed by atoms with van der Waals surface area (Å²) in [5.74, 6) is 0.231. The molecule has 2 atom stereocenters. The summed E-state index contributed by atoms with van der Waals surface area (Å²) in [5, 5.41) is 21.4. The van der Waals surface area contributed by atoms with Gasteiger partial charge in [-0.3, -0.25) is 10.1 Å². The molecule has 1 aliphatic heterocycles. The Hall–Kier alpha value is -2.11. The first-order chi connectivity index (χ1) is 10.6. The maximum Gasteiger partial charge on any atom is 0.211 e. The Bertz CT molecular complexity index is 719. The van der Waals surface area contributed by atoms with Gasteiger partial charge in [0.05, 0.1) is 12.5 Å². The molecule has 0 amide bonds. The summed E-state index contributed by atoms with van der Waals surface area (Å²) in [5.41, 5.74) is 1.42. The summed E-state index contributed by atoms with van der Waals surface area (Å²) in [6.07, 6.45) is 0. The van der Waals surface area contributed by atoms with Gasteiger partial charge in [0, 0.05) is 27.0 Å². The molecular weight excluding hydrogens is 306 g/mol. The van der Waals surface area contributed by atoms with Crippen LogP contribution in [0.25, 0.3) is 0 Å². The van der Waals surface area contributed by atoms with Crippen LogP contribution < -0.4 is 4.74 Å². The molecule has 0 fully saturated rings. The number of benzene rings is 2. The molecule has 5 nitrogen and oxygen atoms in total. The van der Waals surface area contributed by atoms with Crippen molar-refractivity contribution in [3.63, 3.8) is 0 Å². The number of fused-ring (bicyclic) bond motifs is 2. The van der Waals surface area contributed by atoms with E-state index in [1.165, 1.54) is 0 Å². The van der Waals surface area contributed by atoms with Gasteiger partial charge >= 0.3 is 0 Å². The molecule has 0 saturated heterocycles. The van der Waals surface area contributed by atoms with Gasteiger partial charge < -0.3 is 9.84 Å². The Labute approximate surface area is 132 Å². The second kappa shape index (κ2) is 5.94. The van der Waals surface area contributed by atoms with Gasteiger partial charge in [-0.05, 0) is 24.3 Å². The predicted octanol–water partition coefficient (Wildman–Crippen LogP) is 3.58. The van der Waals surface area contributed by atoms with E-state index < -0.39 is 11.8 Å². The van der Waals surface area contributed by atoms with Crippen LogP contribution in [0.5, 0.6) is 11.5 Å². The van der Waals surface area contributed by atoms with Gasteiger partial charge in [0.2, 0.25) is 6.54 Å². The van der Waals surface area contributed by atoms with E-state index in [4.69, 9.17) is 16.3 Å². The average molecular weight is 320 g/mol. The average Bonchev–Trinajstić information content (AvgIpc) is 2.61. The molecule has 0 radical (unpaired) electrons. The van der Waals surface area contributed by atoms with Gasteiger partial charge in [-0.2, -0.15) is 0 Å². The Morgan fingerprint density at radius 2 is 1.86 bits per heavy atom. The van der Waals surface area contributed by atoms with Gasteiger partial charge in [0.1, 0.15) is 11.5 Å². The minimum atomic E-state index is -0.502. The molecule has 1 heterocycles. The second-order valence-corrected chi connectivity index (χ2v) is 5.67. The standard InChI is InChI=1S/C16H14ClNO4/c17-10-5-6-16-12(7-10)13(8-18(20)21)14(9-19)11-3-1-2-4-15(11)22-16/h1-7,13-14,19H,8-9H2/t13-,14-/m0/s1. The number of para-hydroxylation sites is 1. The second-order valence-electron chi connectivity index (χ2n) is 5.23. The highest BCUT2D eigenvalue weighted by atomic mass is 35.5. The predicted molar refractivity (Wildman–Crippen MR) is 82.4 cm³/mol. The molecule has 0 spiro atoms. The van der Waals surface area contributed by atoms with Gasteiger partial charge in [-0.25, -0.2) is 0 Å². The first-order valence-electron chi connectivity index (χ1n) is 6.89. The summed E-state index contributed by atoms with van der Waals surface area (Å²) < 4.78 is 5.91. The van der Waals surface area contributed by atoms with E-state index in [0.717, 1.165) is 5.56 Å². The fraction of sp³-hybridized carbons (Fsp3) is 0.250. The smallest absolute Gasteiger partial charge is 0.211 e. The Balaban J connectivity index is 2.20. The van der Waals surface area contributed by atoms with Crippen LogP contribution in [0.3, 0.4) is 0 Å². The van der Waals surface area contributed by atoms with E-state index in [-0.39, 0.29) is 18.1 Å². The quantitative estimate of drug-likeness (QED) is 0.693. The lowest BCUT2D eigenvalue weighted by Crippen LogP contribution is -2.22. The summed E-state index contributed by atoms with van der Waals surface area (Å²) in [7, 11) is 0. The van der Waals surface area contributed by atoms with E-state index in [1.807, 2.05) is 18.2 Å². The summed E-state index contributed by atoms with van der Waals surface area (Å²) in [4.78, 5) is 10.7. The van der Waals surface area contributed by atoms with Crippen LogP contribution in [0.4, 0.5) is 0 Å². The van der Waals surface area contributed by atoms with E-state index in [1.54, 1.807) is 24.3 Å². The highest BCUT2D eigenvalue weighted by Crippen LogP contribution is 2.46. The number of aliphatic hydroxyl groups is 1. The fourth-order valence-electron chi connectivity index (χ4n) is 2.95. The Kier molecular flexibility index (Phi) is 4.00. The largest absolute Gasteiger partial charge is 0.457 e. The van der Waals surface area contributed by atoms with E-state index in [9.17, 15) is 15.2 Å². The number of nitro groups is 1. The third kappa shape index (κ3) is 2.65. The minimum Gasteiger partial charge on any atom is -0.457 e.